The van der Waals surface area contributed by atoms with Crippen molar-refractivity contribution in [3.63, 3.8) is 0 Å². The lowest BCUT2D eigenvalue weighted by Crippen LogP contribution is -2.34. The third-order valence-electron chi connectivity index (χ3n) is 9.06. The molecule has 0 radical (unpaired) electrons. The summed E-state index contributed by atoms with van der Waals surface area (Å²) in [6, 6.07) is 0. The predicted molar refractivity (Wildman–Crippen MR) is 210 cm³/mol. The van der Waals surface area contributed by atoms with E-state index in [1.807, 2.05) is 9.80 Å². The van der Waals surface area contributed by atoms with Crippen LogP contribution in [-0.4, -0.2) is 221 Å². The van der Waals surface area contributed by atoms with Crippen molar-refractivity contribution in [2.45, 2.75) is 83.5 Å². The van der Waals surface area contributed by atoms with E-state index >= 15 is 0 Å². The topological polar surface area (TPSA) is 267 Å². The average Bonchev–Trinajstić information content (AvgIpc) is 4.02. The molecule has 21 nitrogen and oxygen atoms in total. The molecule has 0 aliphatic carbocycles. The highest BCUT2D eigenvalue weighted by atomic mass is 16.6. The van der Waals surface area contributed by atoms with Gasteiger partial charge in [-0.3, -0.25) is 38.7 Å². The standard InChI is InChI=1S/C16H27NO7.C12H23NO5.C11H19NO6/c1-13(18)21-10-7-17(8-11-22-14(2)19)6-5-16(20)24-12-15-4-3-9-23-15;14-7-5-13(6-8-15)4-3-12(16)18-10-11-2-1-9-17-11;13-6-4-12(5-7-14)3-1-10(15)18-9-2-8-17-11(9)16/h15H,3-12H2,1-2H3;11,14-15H,1-10H2;9,13-14H,1-8H2. The molecular formula is C39H69N3O18. The maximum atomic E-state index is 11.8. The molecule has 60 heavy (non-hydrogen) atoms. The van der Waals surface area contributed by atoms with Crippen molar-refractivity contribution in [3.05, 3.63) is 0 Å². The Morgan fingerprint density at radius 2 is 0.950 bits per heavy atom. The van der Waals surface area contributed by atoms with E-state index in [2.05, 4.69) is 4.74 Å². The molecule has 3 atom stereocenters. The van der Waals surface area contributed by atoms with Crippen LogP contribution in [0.15, 0.2) is 0 Å². The van der Waals surface area contributed by atoms with E-state index in [4.69, 9.17) is 53.6 Å². The van der Waals surface area contributed by atoms with Crippen LogP contribution >= 0.6 is 0 Å². The Bertz CT molecular complexity index is 1170. The zero-order valence-corrected chi connectivity index (χ0v) is 35.4. The van der Waals surface area contributed by atoms with E-state index in [1.54, 1.807) is 4.90 Å². The summed E-state index contributed by atoms with van der Waals surface area (Å²) >= 11 is 0. The molecule has 3 rings (SSSR count). The number of cyclic esters (lactones) is 1. The van der Waals surface area contributed by atoms with Crippen molar-refractivity contribution in [3.8, 4) is 0 Å². The van der Waals surface area contributed by atoms with E-state index in [0.29, 0.717) is 78.5 Å². The van der Waals surface area contributed by atoms with Gasteiger partial charge in [-0.2, -0.15) is 0 Å². The average molecular weight is 868 g/mol. The third kappa shape index (κ3) is 28.8. The molecule has 0 saturated carbocycles. The number of aliphatic hydroxyl groups excluding tert-OH is 4. The molecule has 3 heterocycles. The summed E-state index contributed by atoms with van der Waals surface area (Å²) in [5.41, 5.74) is 0. The quantitative estimate of drug-likeness (QED) is 0.0511. The molecule has 0 spiro atoms. The Morgan fingerprint density at radius 3 is 1.28 bits per heavy atom. The summed E-state index contributed by atoms with van der Waals surface area (Å²) in [6.45, 7) is 9.39. The van der Waals surface area contributed by atoms with Gasteiger partial charge in [-0.25, -0.2) is 4.79 Å². The van der Waals surface area contributed by atoms with Crippen molar-refractivity contribution >= 4 is 35.8 Å². The van der Waals surface area contributed by atoms with Crippen LogP contribution in [-0.2, 0) is 66.7 Å². The lowest BCUT2D eigenvalue weighted by Gasteiger charge is -2.21. The van der Waals surface area contributed by atoms with Gasteiger partial charge in [-0.1, -0.05) is 0 Å². The number of aliphatic hydroxyl groups is 4. The van der Waals surface area contributed by atoms with Crippen LogP contribution in [0.25, 0.3) is 0 Å². The first-order valence-corrected chi connectivity index (χ1v) is 20.7. The minimum atomic E-state index is -0.776. The van der Waals surface area contributed by atoms with Gasteiger partial charge in [0.25, 0.3) is 0 Å². The number of carbonyl (C=O) groups excluding carboxylic acids is 6. The van der Waals surface area contributed by atoms with E-state index in [9.17, 15) is 28.8 Å². The summed E-state index contributed by atoms with van der Waals surface area (Å²) < 4.78 is 40.5. The fourth-order valence-corrected chi connectivity index (χ4v) is 5.83. The van der Waals surface area contributed by atoms with Gasteiger partial charge < -0.3 is 58.3 Å². The second-order valence-corrected chi connectivity index (χ2v) is 13.9. The van der Waals surface area contributed by atoms with Gasteiger partial charge in [0.15, 0.2) is 0 Å². The molecule has 0 amide bonds. The molecule has 3 fully saturated rings. The summed E-state index contributed by atoms with van der Waals surface area (Å²) in [6.07, 6.45) is 4.20. The van der Waals surface area contributed by atoms with E-state index < -0.39 is 18.0 Å². The van der Waals surface area contributed by atoms with E-state index in [-0.39, 0.29) is 102 Å². The number of hydrogen-bond acceptors (Lipinski definition) is 21. The van der Waals surface area contributed by atoms with Gasteiger partial charge in [-0.05, 0) is 25.7 Å². The zero-order chi connectivity index (χ0) is 44.4. The summed E-state index contributed by atoms with van der Waals surface area (Å²) in [5, 5.41) is 35.2. The maximum Gasteiger partial charge on any atom is 0.347 e. The second kappa shape index (κ2) is 35.1. The highest BCUT2D eigenvalue weighted by molar-refractivity contribution is 5.80. The van der Waals surface area contributed by atoms with Crippen LogP contribution < -0.4 is 0 Å². The monoisotopic (exact) mass is 867 g/mol. The smallest absolute Gasteiger partial charge is 0.347 e. The Hall–Kier alpha value is -3.54. The molecule has 3 aliphatic rings. The highest BCUT2D eigenvalue weighted by Gasteiger charge is 2.30. The van der Waals surface area contributed by atoms with Crippen LogP contribution in [0.2, 0.25) is 0 Å². The van der Waals surface area contributed by atoms with Crippen LogP contribution in [0.3, 0.4) is 0 Å². The Labute approximate surface area is 352 Å². The number of nitrogens with zero attached hydrogens (tertiary/aromatic N) is 3. The number of esters is 6. The summed E-state index contributed by atoms with van der Waals surface area (Å²) in [4.78, 5) is 72.9. The molecule has 0 aromatic carbocycles. The first-order chi connectivity index (χ1) is 28.9. The first kappa shape index (κ1) is 54.5. The van der Waals surface area contributed by atoms with Crippen molar-refractivity contribution < 1.29 is 87.1 Å². The van der Waals surface area contributed by atoms with E-state index in [0.717, 1.165) is 38.9 Å². The molecule has 3 saturated heterocycles. The molecule has 3 aliphatic heterocycles. The second-order valence-electron chi connectivity index (χ2n) is 13.9. The van der Waals surface area contributed by atoms with Crippen molar-refractivity contribution in [2.75, 3.05) is 132 Å². The molecule has 348 valence electrons. The fourth-order valence-electron chi connectivity index (χ4n) is 5.83. The maximum absolute atomic E-state index is 11.8. The summed E-state index contributed by atoms with van der Waals surface area (Å²) in [7, 11) is 0. The number of rotatable bonds is 28. The lowest BCUT2D eigenvalue weighted by atomic mass is 10.2. The minimum absolute atomic E-state index is 0.0120. The number of carbonyl (C=O) groups is 6. The van der Waals surface area contributed by atoms with Crippen LogP contribution in [0.1, 0.15) is 65.2 Å². The number of ether oxygens (including phenoxy) is 8. The fraction of sp³-hybridized carbons (Fsp3) is 0.846. The van der Waals surface area contributed by atoms with Gasteiger partial charge >= 0.3 is 35.8 Å². The molecule has 4 N–H and O–H groups in total. The first-order valence-electron chi connectivity index (χ1n) is 20.7. The van der Waals surface area contributed by atoms with Gasteiger partial charge in [0.05, 0.1) is 64.5 Å². The van der Waals surface area contributed by atoms with Crippen molar-refractivity contribution in [2.24, 2.45) is 0 Å². The molecule has 3 unspecified atom stereocenters. The van der Waals surface area contributed by atoms with Crippen LogP contribution in [0.4, 0.5) is 0 Å². The Kier molecular flexibility index (Phi) is 31.9. The normalized spacial score (nSPS) is 18.3. The van der Waals surface area contributed by atoms with Gasteiger partial charge in [0.2, 0.25) is 6.10 Å². The van der Waals surface area contributed by atoms with Crippen LogP contribution in [0, 0.1) is 0 Å². The van der Waals surface area contributed by atoms with Crippen LogP contribution in [0.5, 0.6) is 0 Å². The molecule has 21 heteroatoms. The van der Waals surface area contributed by atoms with Crippen molar-refractivity contribution in [1.29, 1.82) is 0 Å². The van der Waals surface area contributed by atoms with E-state index in [1.165, 1.54) is 13.8 Å². The Morgan fingerprint density at radius 1 is 0.550 bits per heavy atom. The highest BCUT2D eigenvalue weighted by Crippen LogP contribution is 2.14. The zero-order valence-electron chi connectivity index (χ0n) is 35.4. The van der Waals surface area contributed by atoms with Crippen molar-refractivity contribution in [1.82, 2.24) is 14.7 Å². The largest absolute Gasteiger partial charge is 0.465 e. The summed E-state index contributed by atoms with van der Waals surface area (Å²) in [5.74, 6) is -2.23. The number of hydrogen-bond donors (Lipinski definition) is 4. The molecular weight excluding hydrogens is 798 g/mol. The SMILES string of the molecule is CC(=O)OCCN(CCOC(C)=O)CCC(=O)OCC1CCCO1.O=C(CCN(CCO)CCO)OC1CCOC1=O.O=C(CCN(CCO)CCO)OCC1CCCO1. The Balaban J connectivity index is 0.000000457. The van der Waals surface area contributed by atoms with Gasteiger partial charge in [-0.15, -0.1) is 0 Å². The van der Waals surface area contributed by atoms with Gasteiger partial charge in [0.1, 0.15) is 26.4 Å². The molecule has 0 bridgehead atoms. The lowest BCUT2D eigenvalue weighted by molar-refractivity contribution is -0.160. The van der Waals surface area contributed by atoms with Gasteiger partial charge in [0, 0.05) is 92.4 Å². The third-order valence-corrected chi connectivity index (χ3v) is 9.06. The minimum Gasteiger partial charge on any atom is -0.465 e. The predicted octanol–water partition coefficient (Wildman–Crippen LogP) is -1.57. The molecule has 0 aromatic heterocycles. The molecule has 0 aromatic rings.